The third-order valence-corrected chi connectivity index (χ3v) is 11.0. The average Bonchev–Trinajstić information content (AvgIpc) is 3.52. The van der Waals surface area contributed by atoms with Crippen LogP contribution in [-0.4, -0.2) is 64.9 Å². The van der Waals surface area contributed by atoms with Crippen molar-refractivity contribution in [2.75, 3.05) is 20.3 Å². The van der Waals surface area contributed by atoms with E-state index in [-0.39, 0.29) is 24.7 Å². The van der Waals surface area contributed by atoms with E-state index in [1.54, 1.807) is 20.2 Å². The number of aromatic nitrogens is 2. The first-order valence-corrected chi connectivity index (χ1v) is 18.4. The normalized spacial score (nSPS) is 18.9. The van der Waals surface area contributed by atoms with Crippen LogP contribution in [0.15, 0.2) is 112 Å². The van der Waals surface area contributed by atoms with Gasteiger partial charge in [-0.2, -0.15) is 0 Å². The summed E-state index contributed by atoms with van der Waals surface area (Å²) < 4.78 is 23.6. The minimum Gasteiger partial charge on any atom is -0.351 e. The molecular weight excluding hydrogens is 649 g/mol. The highest BCUT2D eigenvalue weighted by Crippen LogP contribution is 2.47. The Morgan fingerprint density at radius 2 is 1.48 bits per heavy atom. The van der Waals surface area contributed by atoms with Gasteiger partial charge in [-0.25, -0.2) is 9.46 Å². The van der Waals surface area contributed by atoms with Gasteiger partial charge in [0.15, 0.2) is 0 Å². The van der Waals surface area contributed by atoms with Crippen molar-refractivity contribution in [1.82, 2.24) is 19.5 Å². The quantitative estimate of drug-likeness (QED) is 0.0591. The van der Waals surface area contributed by atoms with Gasteiger partial charge in [0.25, 0.3) is 14.1 Å². The number of nitrogens with one attached hydrogen (secondary N) is 2. The molecule has 4 atom stereocenters. The van der Waals surface area contributed by atoms with Crippen molar-refractivity contribution >= 4 is 14.7 Å². The molecule has 266 valence electrons. The predicted molar refractivity (Wildman–Crippen MR) is 201 cm³/mol. The molecule has 0 radical (unpaired) electrons. The van der Waals surface area contributed by atoms with Crippen molar-refractivity contribution in [3.05, 3.63) is 140 Å². The number of aryl methyl sites for hydroxylation is 1. The third-order valence-electron chi connectivity index (χ3n) is 8.94. The molecule has 50 heavy (non-hydrogen) atoms. The molecule has 0 bridgehead atoms. The highest BCUT2D eigenvalue weighted by molar-refractivity contribution is 7.44. The van der Waals surface area contributed by atoms with Crippen molar-refractivity contribution < 1.29 is 13.8 Å². The molecule has 4 aromatic rings. The number of hydrogen-bond donors (Lipinski definition) is 2. The van der Waals surface area contributed by atoms with Gasteiger partial charge in [-0.1, -0.05) is 91.0 Å². The lowest BCUT2D eigenvalue weighted by atomic mass is 9.76. The summed E-state index contributed by atoms with van der Waals surface area (Å²) in [6.07, 6.45) is 3.41. The van der Waals surface area contributed by atoms with Gasteiger partial charge < -0.3 is 18.8 Å². The van der Waals surface area contributed by atoms with Crippen LogP contribution in [0.5, 0.6) is 0 Å². The molecule has 1 aliphatic rings. The number of aromatic amines is 1. The summed E-state index contributed by atoms with van der Waals surface area (Å²) in [5.41, 5.74) is 1.92. The number of rotatable bonds is 16. The van der Waals surface area contributed by atoms with E-state index in [0.717, 1.165) is 16.7 Å². The minimum atomic E-state index is -1.46. The smallest absolute Gasteiger partial charge is 0.330 e. The van der Waals surface area contributed by atoms with Crippen molar-refractivity contribution in [2.45, 2.75) is 83.5 Å². The van der Waals surface area contributed by atoms with E-state index < -0.39 is 37.6 Å². The fraction of sp³-hybridized carbons (Fsp3) is 0.410. The molecule has 0 spiro atoms. The molecule has 2 heterocycles. The Hall–Kier alpha value is -3.76. The van der Waals surface area contributed by atoms with Gasteiger partial charge in [0, 0.05) is 56.0 Å². The van der Waals surface area contributed by atoms with Gasteiger partial charge in [0.2, 0.25) is 0 Å². The Labute approximate surface area is 296 Å². The Balaban J connectivity index is 1.58. The van der Waals surface area contributed by atoms with Crippen molar-refractivity contribution in [2.24, 2.45) is 4.99 Å². The van der Waals surface area contributed by atoms with E-state index >= 15 is 0 Å². The van der Waals surface area contributed by atoms with Crippen LogP contribution < -0.4 is 16.6 Å². The molecule has 3 aromatic carbocycles. The van der Waals surface area contributed by atoms with Crippen molar-refractivity contribution in [3.8, 4) is 0 Å². The van der Waals surface area contributed by atoms with Gasteiger partial charge in [-0.15, -0.1) is 0 Å². The summed E-state index contributed by atoms with van der Waals surface area (Å²) in [6.45, 7) is 10.9. The van der Waals surface area contributed by atoms with E-state index in [2.05, 4.69) is 120 Å². The van der Waals surface area contributed by atoms with Crippen molar-refractivity contribution in [1.29, 1.82) is 0 Å². The number of nitrogens with zero attached hydrogens (tertiary/aromatic N) is 3. The summed E-state index contributed by atoms with van der Waals surface area (Å²) >= 11 is 0. The summed E-state index contributed by atoms with van der Waals surface area (Å²) in [4.78, 5) is 32.0. The lowest BCUT2D eigenvalue weighted by molar-refractivity contribution is -0.0279. The fourth-order valence-corrected chi connectivity index (χ4v) is 8.33. The largest absolute Gasteiger partial charge is 0.351 e. The molecule has 1 aromatic heterocycles. The first kappa shape index (κ1) is 37.5. The number of ether oxygens (including phenoxy) is 1. The molecule has 2 N–H and O–H groups in total. The highest BCUT2D eigenvalue weighted by atomic mass is 31.2. The molecule has 4 unspecified atom stereocenters. The van der Waals surface area contributed by atoms with Crippen LogP contribution in [-0.2, 0) is 19.3 Å². The molecule has 11 heteroatoms. The van der Waals surface area contributed by atoms with Crippen LogP contribution in [0.4, 0.5) is 0 Å². The summed E-state index contributed by atoms with van der Waals surface area (Å²) in [6, 6.07) is 31.2. The molecule has 0 amide bonds. The van der Waals surface area contributed by atoms with Crippen molar-refractivity contribution in [3.63, 3.8) is 0 Å². The first-order chi connectivity index (χ1) is 24.1. The number of H-pyrrole nitrogens is 1. The number of hydrogen-bond acceptors (Lipinski definition) is 8. The minimum absolute atomic E-state index is 0.178. The fourth-order valence-electron chi connectivity index (χ4n) is 6.69. The third kappa shape index (κ3) is 8.57. The molecular formula is C39H50N5O5P. The van der Waals surface area contributed by atoms with Gasteiger partial charge in [-0.3, -0.25) is 19.7 Å². The molecule has 5 rings (SSSR count). The summed E-state index contributed by atoms with van der Waals surface area (Å²) in [5.74, 6) is 0. The Morgan fingerprint density at radius 1 is 0.940 bits per heavy atom. The zero-order valence-corrected chi connectivity index (χ0v) is 30.8. The molecule has 10 nitrogen and oxygen atoms in total. The molecule has 1 saturated heterocycles. The second-order valence-electron chi connectivity index (χ2n) is 13.1. The molecule has 0 saturated carbocycles. The zero-order chi connectivity index (χ0) is 35.7. The maximum absolute atomic E-state index is 13.2. The number of benzene rings is 3. The van der Waals surface area contributed by atoms with Crippen LogP contribution in [0.3, 0.4) is 0 Å². The van der Waals surface area contributed by atoms with Gasteiger partial charge >= 0.3 is 5.69 Å². The van der Waals surface area contributed by atoms with E-state index in [1.807, 2.05) is 24.4 Å². The Morgan fingerprint density at radius 3 is 1.98 bits per heavy atom. The Bertz CT molecular complexity index is 1680. The van der Waals surface area contributed by atoms with E-state index in [9.17, 15) is 9.59 Å². The van der Waals surface area contributed by atoms with Crippen LogP contribution in [0.2, 0.25) is 0 Å². The molecule has 0 aliphatic carbocycles. The van der Waals surface area contributed by atoms with Crippen LogP contribution in [0, 0.1) is 6.92 Å². The highest BCUT2D eigenvalue weighted by Gasteiger charge is 2.45. The van der Waals surface area contributed by atoms with Crippen LogP contribution in [0.1, 0.15) is 69.0 Å². The van der Waals surface area contributed by atoms with E-state index in [0.29, 0.717) is 25.0 Å². The average molecular weight is 700 g/mol. The summed E-state index contributed by atoms with van der Waals surface area (Å²) in [7, 11) is 0.299. The zero-order valence-electron chi connectivity index (χ0n) is 29.9. The second-order valence-corrected chi connectivity index (χ2v) is 14.6. The lowest BCUT2D eigenvalue weighted by Gasteiger charge is -2.40. The maximum atomic E-state index is 13.2. The van der Waals surface area contributed by atoms with Gasteiger partial charge in [0.05, 0.1) is 24.9 Å². The Kier molecular flexibility index (Phi) is 13.1. The maximum Gasteiger partial charge on any atom is 0.330 e. The number of aliphatic imine (C=N–C) groups is 1. The topological polar surface area (TPSA) is 110 Å². The second kappa shape index (κ2) is 17.4. The predicted octanol–water partition coefficient (Wildman–Crippen LogP) is 6.55. The standard InChI is InChI=1S/C39H50N5O5P/c1-28(2)44(29(3)4)50(47-24-16-23-40-6)48-27-35-34(25-36(49-35)43-26-30(5)37(45)41-38(43)46)42-39(31-17-10-7-11-18-31,32-19-12-8-13-20-32)33-21-14-9-15-22-33/h7-15,17-23,26,28-29,34-36,42H,16,24-25,27H2,1-6H3,(H,41,45,46). The molecule has 1 fully saturated rings. The monoisotopic (exact) mass is 699 g/mol. The van der Waals surface area contributed by atoms with Crippen LogP contribution in [0.25, 0.3) is 0 Å². The van der Waals surface area contributed by atoms with Gasteiger partial charge in [-0.05, 0) is 51.3 Å². The lowest BCUT2D eigenvalue weighted by Crippen LogP contribution is -2.53. The van der Waals surface area contributed by atoms with E-state index in [4.69, 9.17) is 13.8 Å². The first-order valence-electron chi connectivity index (χ1n) is 17.3. The molecule has 1 aliphatic heterocycles. The SMILES string of the molecule is CN=CCCOP(OCC1OC(n2cc(C)c(=O)[nH]c2=O)CC1NC(c1ccccc1)(c1ccccc1)c1ccccc1)N(C(C)C)C(C)C. The van der Waals surface area contributed by atoms with E-state index in [1.165, 1.54) is 4.57 Å². The van der Waals surface area contributed by atoms with Gasteiger partial charge in [0.1, 0.15) is 6.23 Å². The summed E-state index contributed by atoms with van der Waals surface area (Å²) in [5, 5.41) is 4.08. The van der Waals surface area contributed by atoms with Crippen LogP contribution >= 0.6 is 8.53 Å².